The molecule has 6 heteroatoms. The molecule has 3 aromatic rings. The molecule has 0 spiro atoms. The van der Waals surface area contributed by atoms with Crippen molar-refractivity contribution in [3.63, 3.8) is 0 Å². The Bertz CT molecular complexity index is 673. The summed E-state index contributed by atoms with van der Waals surface area (Å²) in [7, 11) is 0. The molecule has 3 nitrogen and oxygen atoms in total. The summed E-state index contributed by atoms with van der Waals surface area (Å²) in [5.74, 6) is -0.239. The Morgan fingerprint density at radius 1 is 1.17 bits per heavy atom. The lowest BCUT2D eigenvalue weighted by Crippen LogP contribution is -1.80. The molecule has 2 heterocycles. The number of aryl methyl sites for hydroxylation is 1. The quantitative estimate of drug-likeness (QED) is 0.715. The van der Waals surface area contributed by atoms with Gasteiger partial charge in [0.2, 0.25) is 0 Å². The Balaban J connectivity index is 1.99. The second-order valence-corrected chi connectivity index (χ2v) is 5.34. The Morgan fingerprint density at radius 2 is 1.94 bits per heavy atom. The molecule has 0 aliphatic carbocycles. The molecule has 0 unspecified atom stereocenters. The van der Waals surface area contributed by atoms with E-state index in [9.17, 15) is 4.39 Å². The highest BCUT2D eigenvalue weighted by molar-refractivity contribution is 7.18. The number of hydrogen-bond donors (Lipinski definition) is 0. The van der Waals surface area contributed by atoms with Crippen molar-refractivity contribution in [2.45, 2.75) is 6.92 Å². The van der Waals surface area contributed by atoms with Crippen LogP contribution in [0.15, 0.2) is 29.6 Å². The van der Waals surface area contributed by atoms with Crippen molar-refractivity contribution < 1.29 is 4.39 Å². The molecule has 0 fully saturated rings. The number of halogens is 1. The molecule has 90 valence electrons. The van der Waals surface area contributed by atoms with Crippen LogP contribution in [0.2, 0.25) is 0 Å². The third-order valence-corrected chi connectivity index (χ3v) is 4.31. The highest BCUT2D eigenvalue weighted by atomic mass is 32.1. The number of hydrogen-bond acceptors (Lipinski definition) is 5. The van der Waals surface area contributed by atoms with Gasteiger partial charge in [0.25, 0.3) is 0 Å². The fourth-order valence-electron chi connectivity index (χ4n) is 1.56. The van der Waals surface area contributed by atoms with E-state index in [2.05, 4.69) is 14.6 Å². The molecule has 0 radical (unpaired) electrons. The molecule has 3 rings (SSSR count). The van der Waals surface area contributed by atoms with E-state index in [1.807, 2.05) is 12.3 Å². The summed E-state index contributed by atoms with van der Waals surface area (Å²) in [6.45, 7) is 1.91. The van der Waals surface area contributed by atoms with Crippen LogP contribution in [0.4, 0.5) is 4.39 Å². The van der Waals surface area contributed by atoms with Gasteiger partial charge in [-0.25, -0.2) is 9.37 Å². The minimum absolute atomic E-state index is 0.239. The van der Waals surface area contributed by atoms with Crippen molar-refractivity contribution in [3.05, 3.63) is 41.2 Å². The standard InChI is InChI=1S/C12H8FN3S2/c1-7-11(18-16-15-7)12-14-10(6-17-12)8-2-4-9(13)5-3-8/h2-6H,1H3. The van der Waals surface area contributed by atoms with Crippen LogP contribution in [0, 0.1) is 12.7 Å². The SMILES string of the molecule is Cc1nnsc1-c1nc(-c2ccc(F)cc2)cs1. The number of rotatable bonds is 2. The van der Waals surface area contributed by atoms with Crippen molar-refractivity contribution in [2.75, 3.05) is 0 Å². The lowest BCUT2D eigenvalue weighted by atomic mass is 10.2. The highest BCUT2D eigenvalue weighted by Crippen LogP contribution is 2.32. The molecule has 0 aliphatic rings. The number of thiazole rings is 1. The van der Waals surface area contributed by atoms with E-state index in [0.717, 1.165) is 26.8 Å². The molecule has 0 atom stereocenters. The monoisotopic (exact) mass is 277 g/mol. The number of aromatic nitrogens is 3. The summed E-state index contributed by atoms with van der Waals surface area (Å²) in [5.41, 5.74) is 2.65. The van der Waals surface area contributed by atoms with Gasteiger partial charge < -0.3 is 0 Å². The van der Waals surface area contributed by atoms with Crippen molar-refractivity contribution >= 4 is 22.9 Å². The summed E-state index contributed by atoms with van der Waals surface area (Å²) < 4.78 is 16.8. The van der Waals surface area contributed by atoms with Crippen molar-refractivity contribution in [1.29, 1.82) is 0 Å². The molecular formula is C12H8FN3S2. The van der Waals surface area contributed by atoms with Gasteiger partial charge in [0.15, 0.2) is 0 Å². The summed E-state index contributed by atoms with van der Waals surface area (Å²) in [6.07, 6.45) is 0. The zero-order valence-electron chi connectivity index (χ0n) is 9.42. The zero-order chi connectivity index (χ0) is 12.5. The Morgan fingerprint density at radius 3 is 2.61 bits per heavy atom. The first kappa shape index (κ1) is 11.4. The van der Waals surface area contributed by atoms with E-state index >= 15 is 0 Å². The van der Waals surface area contributed by atoms with Crippen LogP contribution >= 0.6 is 22.9 Å². The lowest BCUT2D eigenvalue weighted by molar-refractivity contribution is 0.628. The molecule has 0 amide bonds. The minimum Gasteiger partial charge on any atom is -0.235 e. The largest absolute Gasteiger partial charge is 0.235 e. The molecular weight excluding hydrogens is 269 g/mol. The molecule has 1 aromatic carbocycles. The van der Waals surface area contributed by atoms with Crippen molar-refractivity contribution in [3.8, 4) is 21.1 Å². The van der Waals surface area contributed by atoms with Gasteiger partial charge in [-0.15, -0.1) is 16.4 Å². The molecule has 0 aliphatic heterocycles. The topological polar surface area (TPSA) is 38.7 Å². The smallest absolute Gasteiger partial charge is 0.137 e. The van der Waals surface area contributed by atoms with Crippen molar-refractivity contribution in [1.82, 2.24) is 14.6 Å². The summed E-state index contributed by atoms with van der Waals surface area (Å²) in [6, 6.07) is 6.33. The summed E-state index contributed by atoms with van der Waals surface area (Å²) in [4.78, 5) is 5.53. The second-order valence-electron chi connectivity index (χ2n) is 3.73. The summed E-state index contributed by atoms with van der Waals surface area (Å²) >= 11 is 2.89. The van der Waals surface area contributed by atoms with Gasteiger partial charge in [-0.2, -0.15) is 0 Å². The van der Waals surface area contributed by atoms with E-state index < -0.39 is 0 Å². The van der Waals surface area contributed by atoms with Crippen LogP contribution in [-0.4, -0.2) is 14.6 Å². The second kappa shape index (κ2) is 4.55. The maximum absolute atomic E-state index is 12.9. The summed E-state index contributed by atoms with van der Waals surface area (Å²) in [5, 5.41) is 6.84. The number of benzene rings is 1. The van der Waals surface area contributed by atoms with Gasteiger partial charge in [0.05, 0.1) is 11.4 Å². The Kier molecular flexibility index (Phi) is 2.89. The van der Waals surface area contributed by atoms with E-state index in [4.69, 9.17) is 0 Å². The molecule has 18 heavy (non-hydrogen) atoms. The van der Waals surface area contributed by atoms with Gasteiger partial charge in [-0.05, 0) is 42.7 Å². The predicted octanol–water partition coefficient (Wildman–Crippen LogP) is 3.78. The van der Waals surface area contributed by atoms with E-state index in [1.165, 1.54) is 23.7 Å². The normalized spacial score (nSPS) is 10.8. The van der Waals surface area contributed by atoms with Crippen LogP contribution in [0.3, 0.4) is 0 Å². The van der Waals surface area contributed by atoms with Crippen LogP contribution in [0.25, 0.3) is 21.1 Å². The first-order valence-corrected chi connectivity index (χ1v) is 6.90. The van der Waals surface area contributed by atoms with Crippen LogP contribution in [0.1, 0.15) is 5.69 Å². The average Bonchev–Trinajstić information content (AvgIpc) is 2.98. The maximum atomic E-state index is 12.9. The predicted molar refractivity (Wildman–Crippen MR) is 71.1 cm³/mol. The van der Waals surface area contributed by atoms with Gasteiger partial charge in [0, 0.05) is 10.9 Å². The van der Waals surface area contributed by atoms with Crippen LogP contribution < -0.4 is 0 Å². The number of nitrogens with zero attached hydrogens (tertiary/aromatic N) is 3. The first-order chi connectivity index (χ1) is 8.74. The van der Waals surface area contributed by atoms with Gasteiger partial charge in [0.1, 0.15) is 15.7 Å². The molecule has 0 bridgehead atoms. The third-order valence-electron chi connectivity index (χ3n) is 2.49. The first-order valence-electron chi connectivity index (χ1n) is 5.25. The van der Waals surface area contributed by atoms with Crippen molar-refractivity contribution in [2.24, 2.45) is 0 Å². The van der Waals surface area contributed by atoms with E-state index in [0.29, 0.717) is 0 Å². The minimum atomic E-state index is -0.239. The molecule has 2 aromatic heterocycles. The van der Waals surface area contributed by atoms with Gasteiger partial charge >= 0.3 is 0 Å². The van der Waals surface area contributed by atoms with Crippen LogP contribution in [0.5, 0.6) is 0 Å². The van der Waals surface area contributed by atoms with E-state index in [1.54, 1.807) is 23.5 Å². The Labute approximate surface area is 111 Å². The highest BCUT2D eigenvalue weighted by Gasteiger charge is 2.11. The molecule has 0 saturated carbocycles. The lowest BCUT2D eigenvalue weighted by Gasteiger charge is -1.95. The molecule has 0 N–H and O–H groups in total. The fraction of sp³-hybridized carbons (Fsp3) is 0.0833. The Hall–Kier alpha value is -1.66. The average molecular weight is 277 g/mol. The maximum Gasteiger partial charge on any atom is 0.137 e. The zero-order valence-corrected chi connectivity index (χ0v) is 11.1. The van der Waals surface area contributed by atoms with Gasteiger partial charge in [-0.1, -0.05) is 4.49 Å². The van der Waals surface area contributed by atoms with Gasteiger partial charge in [-0.3, -0.25) is 0 Å². The van der Waals surface area contributed by atoms with E-state index in [-0.39, 0.29) is 5.82 Å². The fourth-order valence-corrected chi connectivity index (χ4v) is 3.17. The van der Waals surface area contributed by atoms with Crippen LogP contribution in [-0.2, 0) is 0 Å². The third kappa shape index (κ3) is 2.04. The molecule has 0 saturated heterocycles.